The highest BCUT2D eigenvalue weighted by Crippen LogP contribution is 2.36. The van der Waals surface area contributed by atoms with Gasteiger partial charge in [0.25, 0.3) is 0 Å². The highest BCUT2D eigenvalue weighted by atomic mass is 16.7. The van der Waals surface area contributed by atoms with Gasteiger partial charge in [0, 0.05) is 19.5 Å². The van der Waals surface area contributed by atoms with E-state index in [9.17, 15) is 0 Å². The fourth-order valence-electron chi connectivity index (χ4n) is 3.40. The number of benzene rings is 1. The molecule has 3 nitrogen and oxygen atoms in total. The van der Waals surface area contributed by atoms with Crippen molar-refractivity contribution in [3.63, 3.8) is 0 Å². The molecule has 0 bridgehead atoms. The maximum atomic E-state index is 6.02. The molecule has 1 aromatic carbocycles. The first-order valence-electron chi connectivity index (χ1n) is 11.6. The van der Waals surface area contributed by atoms with Crippen LogP contribution in [0.5, 0.6) is 11.5 Å². The Labute approximate surface area is 189 Å². The molecule has 0 radical (unpaired) electrons. The lowest BCUT2D eigenvalue weighted by Gasteiger charge is -2.08. The molecule has 1 atom stereocenters. The second kappa shape index (κ2) is 13.2. The minimum Gasteiger partial charge on any atom is -0.451 e. The maximum Gasteiger partial charge on any atom is 0.244 e. The topological polar surface area (TPSA) is 30.5 Å². The molecule has 1 N–H and O–H groups in total. The molecule has 0 spiro atoms. The van der Waals surface area contributed by atoms with E-state index in [1.54, 1.807) is 0 Å². The Balaban J connectivity index is 1.74. The van der Waals surface area contributed by atoms with E-state index in [4.69, 9.17) is 9.47 Å². The molecule has 2 rings (SSSR count). The number of allylic oxidation sites excluding steroid dienone is 6. The molecule has 1 aromatic rings. The summed E-state index contributed by atoms with van der Waals surface area (Å²) in [5.74, 6) is 1.70. The minimum atomic E-state index is -0.219. The Kier molecular flexibility index (Phi) is 10.7. The molecule has 170 valence electrons. The number of ether oxygens (including phenoxy) is 2. The fraction of sp³-hybridized carbons (Fsp3) is 0.500. The molecule has 0 amide bonds. The molecule has 1 heterocycles. The molecule has 1 aliphatic heterocycles. The van der Waals surface area contributed by atoms with Crippen molar-refractivity contribution < 1.29 is 9.47 Å². The fourth-order valence-corrected chi connectivity index (χ4v) is 3.40. The first-order valence-corrected chi connectivity index (χ1v) is 11.6. The Bertz CT molecular complexity index is 821. The number of rotatable bonds is 12. The summed E-state index contributed by atoms with van der Waals surface area (Å²) < 4.78 is 12.0. The van der Waals surface area contributed by atoms with E-state index in [0.717, 1.165) is 56.7 Å². The normalized spacial score (nSPS) is 15.7. The van der Waals surface area contributed by atoms with Crippen molar-refractivity contribution >= 4 is 0 Å². The standard InChI is InChI=1S/C28H41NO2/c1-21(2)9-7-11-23(5)13-16-28-30-26-15-14-25(19-27(26)31-28)20-29-18-17-24(6)12-8-10-22(3)4/h9-10,13-15,17,19,28-29H,7-8,11-12,16,18,20H2,1-6H3/b23-13+,24-17+. The van der Waals surface area contributed by atoms with E-state index in [2.05, 4.69) is 83.3 Å². The lowest BCUT2D eigenvalue weighted by molar-refractivity contribution is 0.0525. The number of fused-ring (bicyclic) bond motifs is 1. The van der Waals surface area contributed by atoms with Gasteiger partial charge in [-0.25, -0.2) is 0 Å². The van der Waals surface area contributed by atoms with E-state index in [1.807, 2.05) is 6.07 Å². The molecule has 0 aliphatic carbocycles. The van der Waals surface area contributed by atoms with Crippen LogP contribution in [0.25, 0.3) is 0 Å². The summed E-state index contributed by atoms with van der Waals surface area (Å²) in [6.45, 7) is 14.7. The molecule has 1 unspecified atom stereocenters. The quantitative estimate of drug-likeness (QED) is 0.277. The summed E-state index contributed by atoms with van der Waals surface area (Å²) in [6, 6.07) is 6.24. The number of nitrogens with one attached hydrogen (secondary N) is 1. The van der Waals surface area contributed by atoms with Gasteiger partial charge < -0.3 is 14.8 Å². The SMILES string of the molecule is CC(C)=CCC/C(C)=C/CNCc1ccc2c(c1)OC(C/C=C(\C)CCC=C(C)C)O2. The van der Waals surface area contributed by atoms with Crippen molar-refractivity contribution in [2.45, 2.75) is 86.5 Å². The van der Waals surface area contributed by atoms with Crippen LogP contribution in [0.2, 0.25) is 0 Å². The lowest BCUT2D eigenvalue weighted by atomic mass is 10.1. The molecule has 3 heteroatoms. The number of hydrogen-bond acceptors (Lipinski definition) is 3. The smallest absolute Gasteiger partial charge is 0.244 e. The van der Waals surface area contributed by atoms with Gasteiger partial charge in [-0.15, -0.1) is 0 Å². The largest absolute Gasteiger partial charge is 0.451 e. The second-order valence-electron chi connectivity index (χ2n) is 9.05. The van der Waals surface area contributed by atoms with Crippen molar-refractivity contribution in [2.24, 2.45) is 0 Å². The Morgan fingerprint density at radius 1 is 0.806 bits per heavy atom. The Hall–Kier alpha value is -2.26. The minimum absolute atomic E-state index is 0.219. The van der Waals surface area contributed by atoms with Gasteiger partial charge in [0.15, 0.2) is 11.5 Å². The summed E-state index contributed by atoms with van der Waals surface area (Å²) >= 11 is 0. The van der Waals surface area contributed by atoms with E-state index in [0.29, 0.717) is 0 Å². The van der Waals surface area contributed by atoms with E-state index in [1.165, 1.54) is 27.9 Å². The van der Waals surface area contributed by atoms with Gasteiger partial charge in [0.1, 0.15) is 0 Å². The van der Waals surface area contributed by atoms with Crippen molar-refractivity contribution in [1.29, 1.82) is 0 Å². The van der Waals surface area contributed by atoms with Crippen LogP contribution in [0.15, 0.2) is 64.8 Å². The summed E-state index contributed by atoms with van der Waals surface area (Å²) in [4.78, 5) is 0. The van der Waals surface area contributed by atoms with Gasteiger partial charge in [-0.3, -0.25) is 0 Å². The van der Waals surface area contributed by atoms with Gasteiger partial charge in [0.05, 0.1) is 0 Å². The predicted octanol–water partition coefficient (Wildman–Crippen LogP) is 7.65. The molecule has 0 saturated carbocycles. The monoisotopic (exact) mass is 423 g/mol. The maximum absolute atomic E-state index is 6.02. The Morgan fingerprint density at radius 3 is 2.06 bits per heavy atom. The van der Waals surface area contributed by atoms with Crippen LogP contribution >= 0.6 is 0 Å². The third-order valence-corrected chi connectivity index (χ3v) is 5.29. The first kappa shape index (κ1) is 25.0. The van der Waals surface area contributed by atoms with E-state index >= 15 is 0 Å². The third kappa shape index (κ3) is 10.1. The highest BCUT2D eigenvalue weighted by Gasteiger charge is 2.23. The molecular weight excluding hydrogens is 382 g/mol. The lowest BCUT2D eigenvalue weighted by Crippen LogP contribution is -2.16. The summed E-state index contributed by atoms with van der Waals surface area (Å²) in [7, 11) is 0. The predicted molar refractivity (Wildman–Crippen MR) is 133 cm³/mol. The highest BCUT2D eigenvalue weighted by molar-refractivity contribution is 5.45. The van der Waals surface area contributed by atoms with Gasteiger partial charge in [-0.05, 0) is 84.9 Å². The molecule has 1 aliphatic rings. The van der Waals surface area contributed by atoms with Crippen LogP contribution in [-0.2, 0) is 6.54 Å². The van der Waals surface area contributed by atoms with Crippen LogP contribution in [0.4, 0.5) is 0 Å². The molecule has 0 saturated heterocycles. The zero-order valence-electron chi connectivity index (χ0n) is 20.4. The van der Waals surface area contributed by atoms with Gasteiger partial charge >= 0.3 is 0 Å². The number of hydrogen-bond donors (Lipinski definition) is 1. The summed E-state index contributed by atoms with van der Waals surface area (Å²) in [5, 5.41) is 3.50. The molecular formula is C28H41NO2. The average Bonchev–Trinajstić information content (AvgIpc) is 3.11. The van der Waals surface area contributed by atoms with Crippen LogP contribution in [0, 0.1) is 0 Å². The summed E-state index contributed by atoms with van der Waals surface area (Å²) in [5.41, 5.74) is 6.80. The summed E-state index contributed by atoms with van der Waals surface area (Å²) in [6.07, 6.45) is 14.1. The van der Waals surface area contributed by atoms with Gasteiger partial charge in [-0.1, -0.05) is 52.7 Å². The first-order chi connectivity index (χ1) is 14.8. The van der Waals surface area contributed by atoms with Crippen LogP contribution in [0.1, 0.15) is 79.2 Å². The molecule has 31 heavy (non-hydrogen) atoms. The van der Waals surface area contributed by atoms with Crippen molar-refractivity contribution in [1.82, 2.24) is 5.32 Å². The van der Waals surface area contributed by atoms with Crippen molar-refractivity contribution in [3.8, 4) is 11.5 Å². The van der Waals surface area contributed by atoms with Crippen LogP contribution in [0.3, 0.4) is 0 Å². The van der Waals surface area contributed by atoms with Crippen LogP contribution in [-0.4, -0.2) is 12.8 Å². The van der Waals surface area contributed by atoms with Crippen molar-refractivity contribution in [2.75, 3.05) is 6.54 Å². The zero-order valence-corrected chi connectivity index (χ0v) is 20.4. The third-order valence-electron chi connectivity index (χ3n) is 5.29. The average molecular weight is 424 g/mol. The van der Waals surface area contributed by atoms with Gasteiger partial charge in [0.2, 0.25) is 6.29 Å². The molecule has 0 fully saturated rings. The van der Waals surface area contributed by atoms with E-state index < -0.39 is 0 Å². The van der Waals surface area contributed by atoms with Crippen molar-refractivity contribution in [3.05, 3.63) is 70.4 Å². The van der Waals surface area contributed by atoms with Crippen LogP contribution < -0.4 is 14.8 Å². The molecule has 0 aromatic heterocycles. The van der Waals surface area contributed by atoms with E-state index in [-0.39, 0.29) is 6.29 Å². The zero-order chi connectivity index (χ0) is 22.6. The Morgan fingerprint density at radius 2 is 1.42 bits per heavy atom. The van der Waals surface area contributed by atoms with Gasteiger partial charge in [-0.2, -0.15) is 0 Å². The second-order valence-corrected chi connectivity index (χ2v) is 9.05.